The molecule has 2 fully saturated rings. The first kappa shape index (κ1) is 31.3. The molecule has 0 spiro atoms. The number of carbonyl (C=O) groups excluding carboxylic acids is 4. The van der Waals surface area contributed by atoms with E-state index in [4.69, 9.17) is 9.47 Å². The van der Waals surface area contributed by atoms with Crippen LogP contribution >= 0.6 is 0 Å². The van der Waals surface area contributed by atoms with Gasteiger partial charge in [-0.2, -0.15) is 0 Å². The van der Waals surface area contributed by atoms with Crippen molar-refractivity contribution in [2.45, 2.75) is 96.1 Å². The molecule has 218 valence electrons. The molecule has 0 saturated heterocycles. The van der Waals surface area contributed by atoms with Gasteiger partial charge >= 0.3 is 24.2 Å². The number of hydrogen-bond acceptors (Lipinski definition) is 6. The van der Waals surface area contributed by atoms with E-state index in [1.807, 2.05) is 6.92 Å². The summed E-state index contributed by atoms with van der Waals surface area (Å²) in [6.07, 6.45) is 11.7. The summed E-state index contributed by atoms with van der Waals surface area (Å²) in [5, 5.41) is 16.7. The van der Waals surface area contributed by atoms with Gasteiger partial charge in [0, 0.05) is 25.2 Å². The number of alkyl carbamates (subject to hydrolysis) is 2. The molecule has 2 rings (SSSR count). The lowest BCUT2D eigenvalue weighted by Crippen LogP contribution is -2.41. The van der Waals surface area contributed by atoms with E-state index in [0.717, 1.165) is 64.2 Å². The fourth-order valence-electron chi connectivity index (χ4n) is 4.67. The van der Waals surface area contributed by atoms with Crippen LogP contribution in [0.5, 0.6) is 0 Å². The zero-order valence-corrected chi connectivity index (χ0v) is 22.9. The van der Waals surface area contributed by atoms with Crippen LogP contribution < -0.4 is 31.9 Å². The smallest absolute Gasteiger partial charge is 0.407 e. The van der Waals surface area contributed by atoms with Gasteiger partial charge < -0.3 is 41.4 Å². The highest BCUT2D eigenvalue weighted by atomic mass is 16.6. The Hall–Kier alpha value is -2.92. The lowest BCUT2D eigenvalue weighted by atomic mass is 9.96. The van der Waals surface area contributed by atoms with Gasteiger partial charge in [-0.25, -0.2) is 19.2 Å². The first-order valence-corrected chi connectivity index (χ1v) is 14.3. The Balaban J connectivity index is 1.37. The molecule has 0 aromatic carbocycles. The lowest BCUT2D eigenvalue weighted by Gasteiger charge is -2.22. The molecule has 0 aromatic rings. The van der Waals surface area contributed by atoms with Crippen LogP contribution in [-0.4, -0.2) is 75.7 Å². The van der Waals surface area contributed by atoms with Crippen molar-refractivity contribution in [1.29, 1.82) is 0 Å². The summed E-state index contributed by atoms with van der Waals surface area (Å²) in [4.78, 5) is 47.3. The third-order valence-electron chi connectivity index (χ3n) is 6.87. The average Bonchev–Trinajstić information content (AvgIpc) is 2.91. The molecule has 1 unspecified atom stereocenters. The molecule has 0 bridgehead atoms. The average molecular weight is 541 g/mol. The fourth-order valence-corrected chi connectivity index (χ4v) is 4.67. The fraction of sp³-hybridized carbons (Fsp3) is 0.846. The van der Waals surface area contributed by atoms with Crippen molar-refractivity contribution in [2.75, 3.05) is 39.4 Å². The Morgan fingerprint density at radius 1 is 0.658 bits per heavy atom. The highest BCUT2D eigenvalue weighted by Gasteiger charge is 2.17. The molecule has 0 aliphatic heterocycles. The van der Waals surface area contributed by atoms with Gasteiger partial charge in [0.1, 0.15) is 13.2 Å². The van der Waals surface area contributed by atoms with Crippen LogP contribution in [-0.2, 0) is 9.47 Å². The van der Waals surface area contributed by atoms with Crippen LogP contribution in [0, 0.1) is 5.92 Å². The topological polar surface area (TPSA) is 159 Å². The zero-order valence-electron chi connectivity index (χ0n) is 22.9. The molecule has 12 nitrogen and oxygen atoms in total. The number of amides is 6. The first-order chi connectivity index (χ1) is 18.4. The quantitative estimate of drug-likeness (QED) is 0.186. The molecule has 1 atom stereocenters. The van der Waals surface area contributed by atoms with Crippen molar-refractivity contribution in [2.24, 2.45) is 5.92 Å². The predicted molar refractivity (Wildman–Crippen MR) is 144 cm³/mol. The molecule has 0 aromatic heterocycles. The summed E-state index contributed by atoms with van der Waals surface area (Å²) in [7, 11) is 0. The van der Waals surface area contributed by atoms with E-state index < -0.39 is 12.2 Å². The highest BCUT2D eigenvalue weighted by Crippen LogP contribution is 2.18. The van der Waals surface area contributed by atoms with Gasteiger partial charge in [0.25, 0.3) is 0 Å². The van der Waals surface area contributed by atoms with Crippen LogP contribution in [0.2, 0.25) is 0 Å². The minimum atomic E-state index is -0.430. The standard InChI is InChI=1S/C26H48N6O6/c1-20(19-30-24(34)29-16-18-38-26(36)32-22-12-6-3-7-13-22)9-8-14-27-23(33)28-15-17-37-25(35)31-21-10-4-2-5-11-21/h20-22H,2-19H2,1H3,(H,31,35)(H,32,36)(H2,27,28,33)(H2,29,30,34). The second kappa shape index (κ2) is 19.2. The van der Waals surface area contributed by atoms with Crippen LogP contribution in [0.15, 0.2) is 0 Å². The molecule has 12 heteroatoms. The van der Waals surface area contributed by atoms with Crippen LogP contribution in [0.1, 0.15) is 84.0 Å². The Bertz CT molecular complexity index is 712. The van der Waals surface area contributed by atoms with E-state index in [1.54, 1.807) is 0 Å². The summed E-state index contributed by atoms with van der Waals surface area (Å²) in [5.74, 6) is 0.235. The van der Waals surface area contributed by atoms with E-state index in [2.05, 4.69) is 31.9 Å². The lowest BCUT2D eigenvalue weighted by molar-refractivity contribution is 0.139. The van der Waals surface area contributed by atoms with Gasteiger partial charge in [-0.1, -0.05) is 45.4 Å². The van der Waals surface area contributed by atoms with E-state index in [0.29, 0.717) is 13.1 Å². The maximum atomic E-state index is 11.9. The summed E-state index contributed by atoms with van der Waals surface area (Å²) >= 11 is 0. The third-order valence-corrected chi connectivity index (χ3v) is 6.87. The van der Waals surface area contributed by atoms with Gasteiger partial charge in [0.15, 0.2) is 0 Å². The van der Waals surface area contributed by atoms with Crippen LogP contribution in [0.25, 0.3) is 0 Å². The van der Waals surface area contributed by atoms with Gasteiger partial charge in [-0.15, -0.1) is 0 Å². The van der Waals surface area contributed by atoms with E-state index >= 15 is 0 Å². The Morgan fingerprint density at radius 3 is 1.61 bits per heavy atom. The number of hydrogen-bond donors (Lipinski definition) is 6. The van der Waals surface area contributed by atoms with E-state index in [-0.39, 0.29) is 56.4 Å². The predicted octanol–water partition coefficient (Wildman–Crippen LogP) is 3.12. The van der Waals surface area contributed by atoms with Crippen molar-refractivity contribution in [3.05, 3.63) is 0 Å². The Morgan fingerprint density at radius 2 is 1.11 bits per heavy atom. The number of urea groups is 2. The largest absolute Gasteiger partial charge is 0.448 e. The zero-order chi connectivity index (χ0) is 27.4. The van der Waals surface area contributed by atoms with Gasteiger partial charge in [0.05, 0.1) is 13.1 Å². The minimum absolute atomic E-state index is 0.120. The summed E-state index contributed by atoms with van der Waals surface area (Å²) < 4.78 is 10.2. The Labute approximate surface area is 226 Å². The van der Waals surface area contributed by atoms with Crippen molar-refractivity contribution in [3.8, 4) is 0 Å². The maximum Gasteiger partial charge on any atom is 0.407 e. The third kappa shape index (κ3) is 15.4. The molecule has 0 heterocycles. The number of ether oxygens (including phenoxy) is 2. The van der Waals surface area contributed by atoms with Crippen LogP contribution in [0.3, 0.4) is 0 Å². The van der Waals surface area contributed by atoms with Gasteiger partial charge in [0.2, 0.25) is 0 Å². The summed E-state index contributed by atoms with van der Waals surface area (Å²) in [5.41, 5.74) is 0. The highest BCUT2D eigenvalue weighted by molar-refractivity contribution is 5.74. The van der Waals surface area contributed by atoms with Crippen molar-refractivity contribution in [1.82, 2.24) is 31.9 Å². The first-order valence-electron chi connectivity index (χ1n) is 14.3. The molecule has 0 radical (unpaired) electrons. The Kier molecular flexibility index (Phi) is 15.8. The van der Waals surface area contributed by atoms with Gasteiger partial charge in [-0.3, -0.25) is 0 Å². The number of nitrogens with one attached hydrogen (secondary N) is 6. The molecule has 2 aliphatic rings. The second-order valence-corrected chi connectivity index (χ2v) is 10.3. The van der Waals surface area contributed by atoms with Gasteiger partial charge in [-0.05, 0) is 44.4 Å². The van der Waals surface area contributed by atoms with Crippen molar-refractivity contribution in [3.63, 3.8) is 0 Å². The maximum absolute atomic E-state index is 11.9. The second-order valence-electron chi connectivity index (χ2n) is 10.3. The molecular weight excluding hydrogens is 492 g/mol. The minimum Gasteiger partial charge on any atom is -0.448 e. The van der Waals surface area contributed by atoms with E-state index in [1.165, 1.54) is 12.8 Å². The summed E-state index contributed by atoms with van der Waals surface area (Å²) in [6, 6.07) is -0.214. The molecule has 6 amide bonds. The number of rotatable bonds is 14. The van der Waals surface area contributed by atoms with Crippen LogP contribution in [0.4, 0.5) is 19.2 Å². The number of carbonyl (C=O) groups is 4. The normalized spacial score (nSPS) is 17.0. The van der Waals surface area contributed by atoms with E-state index in [9.17, 15) is 19.2 Å². The molecular formula is C26H48N6O6. The molecule has 6 N–H and O–H groups in total. The van der Waals surface area contributed by atoms with Crippen molar-refractivity contribution >= 4 is 24.2 Å². The summed E-state index contributed by atoms with van der Waals surface area (Å²) in [6.45, 7) is 3.76. The molecule has 2 saturated carbocycles. The SMILES string of the molecule is CC(CCCNC(=O)NCCOC(=O)NC1CCCCC1)CNC(=O)NCCOC(=O)NC1CCCCC1. The van der Waals surface area contributed by atoms with Crippen molar-refractivity contribution < 1.29 is 28.7 Å². The molecule has 38 heavy (non-hydrogen) atoms. The monoisotopic (exact) mass is 540 g/mol. The molecule has 2 aliphatic carbocycles.